The summed E-state index contributed by atoms with van der Waals surface area (Å²) in [6.45, 7) is 3.08. The molecule has 1 rings (SSSR count). The molecule has 1 aromatic rings. The van der Waals surface area contributed by atoms with Gasteiger partial charge in [-0.15, -0.1) is 0 Å². The van der Waals surface area contributed by atoms with Gasteiger partial charge in [0.05, 0.1) is 10.3 Å². The van der Waals surface area contributed by atoms with E-state index in [9.17, 15) is 17.6 Å². The lowest BCUT2D eigenvalue weighted by Crippen LogP contribution is -2.43. The minimum Gasteiger partial charge on any atom is -0.350 e. The first-order valence-electron chi connectivity index (χ1n) is 5.47. The number of halogens is 2. The number of hydrogen-bond acceptors (Lipinski definition) is 3. The molecule has 7 heteroatoms. The summed E-state index contributed by atoms with van der Waals surface area (Å²) in [5.41, 5.74) is 0.325. The summed E-state index contributed by atoms with van der Waals surface area (Å²) < 4.78 is 35.4. The zero-order valence-electron chi connectivity index (χ0n) is 10.8. The van der Waals surface area contributed by atoms with Gasteiger partial charge in [-0.05, 0) is 54.6 Å². The second-order valence-electron chi connectivity index (χ2n) is 4.84. The van der Waals surface area contributed by atoms with E-state index in [4.69, 9.17) is 0 Å². The largest absolute Gasteiger partial charge is 0.350 e. The lowest BCUT2D eigenvalue weighted by molar-refractivity contribution is 0.0949. The van der Waals surface area contributed by atoms with Crippen molar-refractivity contribution in [3.8, 4) is 0 Å². The van der Waals surface area contributed by atoms with E-state index < -0.39 is 26.3 Å². The molecule has 0 radical (unpaired) electrons. The van der Waals surface area contributed by atoms with Gasteiger partial charge in [0, 0.05) is 16.4 Å². The summed E-state index contributed by atoms with van der Waals surface area (Å²) in [5, 5.41) is 2.56. The molecule has 19 heavy (non-hydrogen) atoms. The van der Waals surface area contributed by atoms with Crippen LogP contribution in [0.1, 0.15) is 24.2 Å². The Balaban J connectivity index is 2.82. The summed E-state index contributed by atoms with van der Waals surface area (Å²) in [5.74, 6) is -0.835. The van der Waals surface area contributed by atoms with Crippen molar-refractivity contribution in [2.75, 3.05) is 12.8 Å². The van der Waals surface area contributed by atoms with E-state index in [1.54, 1.807) is 0 Å². The second kappa shape index (κ2) is 5.74. The van der Waals surface area contributed by atoms with E-state index >= 15 is 0 Å². The van der Waals surface area contributed by atoms with Gasteiger partial charge in [-0.2, -0.15) is 0 Å². The van der Waals surface area contributed by atoms with Crippen LogP contribution in [0.3, 0.4) is 0 Å². The van der Waals surface area contributed by atoms with Gasteiger partial charge in [-0.3, -0.25) is 4.79 Å². The zero-order chi connectivity index (χ0) is 14.8. The van der Waals surface area contributed by atoms with Crippen LogP contribution in [0.2, 0.25) is 0 Å². The lowest BCUT2D eigenvalue weighted by Gasteiger charge is -2.22. The molecular formula is C12H15FINO3S. The summed E-state index contributed by atoms with van der Waals surface area (Å²) in [6, 6.07) is 3.82. The maximum absolute atomic E-state index is 12.9. The van der Waals surface area contributed by atoms with Gasteiger partial charge in [0.2, 0.25) is 0 Å². The van der Waals surface area contributed by atoms with Crippen molar-refractivity contribution < 1.29 is 17.6 Å². The number of amides is 1. The molecule has 0 bridgehead atoms. The van der Waals surface area contributed by atoms with Gasteiger partial charge in [0.25, 0.3) is 5.91 Å². The van der Waals surface area contributed by atoms with Crippen molar-refractivity contribution in [2.45, 2.75) is 18.6 Å². The van der Waals surface area contributed by atoms with Crippen LogP contribution < -0.4 is 5.32 Å². The van der Waals surface area contributed by atoms with E-state index in [0.717, 1.165) is 6.26 Å². The Bertz CT molecular complexity index is 599. The number of benzene rings is 1. The van der Waals surface area contributed by atoms with Crippen molar-refractivity contribution >= 4 is 38.3 Å². The third-order valence-electron chi connectivity index (χ3n) is 2.85. The number of carbonyl (C=O) groups excluding carboxylic acids is 1. The average molecular weight is 399 g/mol. The van der Waals surface area contributed by atoms with Gasteiger partial charge in [0.1, 0.15) is 5.82 Å². The van der Waals surface area contributed by atoms with E-state index in [1.807, 2.05) is 22.6 Å². The Kier molecular flexibility index (Phi) is 4.94. The third kappa shape index (κ3) is 4.13. The summed E-state index contributed by atoms with van der Waals surface area (Å²) in [6.07, 6.45) is 1.13. The molecule has 1 N–H and O–H groups in total. The van der Waals surface area contributed by atoms with E-state index in [-0.39, 0.29) is 6.54 Å². The van der Waals surface area contributed by atoms with E-state index in [2.05, 4.69) is 5.32 Å². The first-order chi connectivity index (χ1) is 8.54. The molecule has 0 aromatic heterocycles. The fourth-order valence-corrected chi connectivity index (χ4v) is 2.25. The highest BCUT2D eigenvalue weighted by Gasteiger charge is 2.30. The highest BCUT2D eigenvalue weighted by Crippen LogP contribution is 2.16. The highest BCUT2D eigenvalue weighted by molar-refractivity contribution is 14.1. The van der Waals surface area contributed by atoms with Gasteiger partial charge >= 0.3 is 0 Å². The van der Waals surface area contributed by atoms with E-state index in [1.165, 1.54) is 32.0 Å². The van der Waals surface area contributed by atoms with Crippen LogP contribution in [-0.4, -0.2) is 31.9 Å². The van der Waals surface area contributed by atoms with Crippen molar-refractivity contribution in [2.24, 2.45) is 0 Å². The number of rotatable bonds is 4. The second-order valence-corrected chi connectivity index (χ2v) is 8.65. The predicted octanol–water partition coefficient (Wildman–Crippen LogP) is 1.98. The number of nitrogens with one attached hydrogen (secondary N) is 1. The minimum absolute atomic E-state index is 0.00186. The van der Waals surface area contributed by atoms with Crippen LogP contribution in [0.25, 0.3) is 0 Å². The quantitative estimate of drug-likeness (QED) is 0.788. The Morgan fingerprint density at radius 1 is 1.42 bits per heavy atom. The molecular weight excluding hydrogens is 384 g/mol. The summed E-state index contributed by atoms with van der Waals surface area (Å²) in [4.78, 5) is 11.9. The van der Waals surface area contributed by atoms with Crippen LogP contribution >= 0.6 is 22.6 Å². The van der Waals surface area contributed by atoms with Crippen LogP contribution in [0.15, 0.2) is 18.2 Å². The zero-order valence-corrected chi connectivity index (χ0v) is 13.8. The standard InChI is InChI=1S/C12H15FINO3S/c1-12(2,19(3,17)18)7-15-11(16)9-5-4-8(13)6-10(9)14/h4-6H,7H2,1-3H3,(H,15,16). The van der Waals surface area contributed by atoms with Crippen molar-refractivity contribution in [1.29, 1.82) is 0 Å². The fourth-order valence-electron chi connectivity index (χ4n) is 1.19. The molecule has 0 heterocycles. The first kappa shape index (κ1) is 16.4. The third-order valence-corrected chi connectivity index (χ3v) is 5.90. The maximum atomic E-state index is 12.9. The van der Waals surface area contributed by atoms with Crippen LogP contribution in [0, 0.1) is 9.39 Å². The Labute approximate surface area is 125 Å². The normalized spacial score (nSPS) is 12.3. The molecule has 4 nitrogen and oxygen atoms in total. The molecule has 1 amide bonds. The molecule has 0 aliphatic carbocycles. The van der Waals surface area contributed by atoms with Crippen molar-refractivity contribution in [1.82, 2.24) is 5.32 Å². The topological polar surface area (TPSA) is 63.2 Å². The highest BCUT2D eigenvalue weighted by atomic mass is 127. The van der Waals surface area contributed by atoms with Crippen molar-refractivity contribution in [3.63, 3.8) is 0 Å². The molecule has 0 saturated carbocycles. The number of hydrogen-bond donors (Lipinski definition) is 1. The smallest absolute Gasteiger partial charge is 0.252 e. The minimum atomic E-state index is -3.27. The molecule has 1 aromatic carbocycles. The SMILES string of the molecule is CC(C)(CNC(=O)c1ccc(F)cc1I)S(C)(=O)=O. The monoisotopic (exact) mass is 399 g/mol. The summed E-state index contributed by atoms with van der Waals surface area (Å²) >= 11 is 1.86. The van der Waals surface area contributed by atoms with Crippen LogP contribution in [0.5, 0.6) is 0 Å². The van der Waals surface area contributed by atoms with Gasteiger partial charge in [0.15, 0.2) is 9.84 Å². The molecule has 0 aliphatic heterocycles. The van der Waals surface area contributed by atoms with Gasteiger partial charge in [-0.1, -0.05) is 0 Å². The Hall–Kier alpha value is -0.700. The van der Waals surface area contributed by atoms with Gasteiger partial charge in [-0.25, -0.2) is 12.8 Å². The molecule has 0 atom stereocenters. The van der Waals surface area contributed by atoms with Crippen LogP contribution in [0.4, 0.5) is 4.39 Å². The molecule has 0 saturated heterocycles. The molecule has 0 fully saturated rings. The molecule has 0 unspecified atom stereocenters. The molecule has 106 valence electrons. The van der Waals surface area contributed by atoms with Crippen LogP contribution in [-0.2, 0) is 9.84 Å². The number of sulfone groups is 1. The number of carbonyl (C=O) groups is 1. The van der Waals surface area contributed by atoms with Crippen molar-refractivity contribution in [3.05, 3.63) is 33.1 Å². The summed E-state index contributed by atoms with van der Waals surface area (Å²) in [7, 11) is -3.27. The first-order valence-corrected chi connectivity index (χ1v) is 8.44. The van der Waals surface area contributed by atoms with E-state index in [0.29, 0.717) is 9.13 Å². The molecule has 0 aliphatic rings. The Morgan fingerprint density at radius 2 is 2.00 bits per heavy atom. The predicted molar refractivity (Wildman–Crippen MR) is 80.4 cm³/mol. The Morgan fingerprint density at radius 3 is 2.47 bits per heavy atom. The van der Waals surface area contributed by atoms with Gasteiger partial charge < -0.3 is 5.32 Å². The molecule has 0 spiro atoms. The average Bonchev–Trinajstić information content (AvgIpc) is 2.24. The maximum Gasteiger partial charge on any atom is 0.252 e. The lowest BCUT2D eigenvalue weighted by atomic mass is 10.1. The fraction of sp³-hybridized carbons (Fsp3) is 0.417.